The van der Waals surface area contributed by atoms with Crippen LogP contribution in [0.15, 0.2) is 24.5 Å². The molecule has 2 aliphatic rings. The lowest BCUT2D eigenvalue weighted by molar-refractivity contribution is 0.0187. The van der Waals surface area contributed by atoms with E-state index >= 15 is 0 Å². The molecule has 2 N–H and O–H groups in total. The first-order valence-corrected chi connectivity index (χ1v) is 9.84. The van der Waals surface area contributed by atoms with Gasteiger partial charge in [-0.2, -0.15) is 0 Å². The number of hydrogen-bond donors (Lipinski definition) is 2. The van der Waals surface area contributed by atoms with Gasteiger partial charge in [0.2, 0.25) is 0 Å². The van der Waals surface area contributed by atoms with Crippen LogP contribution in [0.3, 0.4) is 0 Å². The van der Waals surface area contributed by atoms with Gasteiger partial charge in [-0.1, -0.05) is 0 Å². The third-order valence-corrected chi connectivity index (χ3v) is 5.34. The summed E-state index contributed by atoms with van der Waals surface area (Å²) < 4.78 is 5.55. The van der Waals surface area contributed by atoms with E-state index in [0.29, 0.717) is 0 Å². The van der Waals surface area contributed by atoms with E-state index in [9.17, 15) is 0 Å². The molecule has 27 heavy (non-hydrogen) atoms. The number of ether oxygens (including phenoxy) is 1. The minimum atomic E-state index is 0.270. The van der Waals surface area contributed by atoms with Crippen LogP contribution in [0.4, 0.5) is 5.82 Å². The molecule has 1 fully saturated rings. The van der Waals surface area contributed by atoms with Crippen LogP contribution < -0.4 is 10.6 Å². The third kappa shape index (κ3) is 4.43. The van der Waals surface area contributed by atoms with Crippen molar-refractivity contribution in [3.8, 4) is 0 Å². The highest BCUT2D eigenvalue weighted by molar-refractivity contribution is 5.48. The van der Waals surface area contributed by atoms with Crippen molar-refractivity contribution >= 4 is 5.82 Å². The van der Waals surface area contributed by atoms with Gasteiger partial charge in [-0.25, -0.2) is 9.97 Å². The van der Waals surface area contributed by atoms with Gasteiger partial charge in [0.25, 0.3) is 0 Å². The van der Waals surface area contributed by atoms with Crippen molar-refractivity contribution in [2.75, 3.05) is 51.3 Å². The predicted octanol–water partition coefficient (Wildman–Crippen LogP) is 1.35. The molecule has 144 valence electrons. The van der Waals surface area contributed by atoms with Crippen molar-refractivity contribution in [2.45, 2.75) is 25.8 Å². The number of morpholine rings is 1. The van der Waals surface area contributed by atoms with Crippen LogP contribution in [0.5, 0.6) is 0 Å². The molecule has 1 saturated heterocycles. The summed E-state index contributed by atoms with van der Waals surface area (Å²) >= 11 is 0. The zero-order valence-corrected chi connectivity index (χ0v) is 15.9. The van der Waals surface area contributed by atoms with Crippen molar-refractivity contribution in [3.63, 3.8) is 0 Å². The number of nitrogens with zero attached hydrogens (tertiary/aromatic N) is 4. The van der Waals surface area contributed by atoms with E-state index in [2.05, 4.69) is 37.6 Å². The number of pyridine rings is 1. The molecule has 0 bridgehead atoms. The number of hydrogen-bond acceptors (Lipinski definition) is 7. The molecule has 2 aliphatic heterocycles. The van der Waals surface area contributed by atoms with Gasteiger partial charge >= 0.3 is 0 Å². The fraction of sp³-hybridized carbons (Fsp3) is 0.550. The molecule has 0 aliphatic carbocycles. The normalized spacial score (nSPS) is 19.1. The molecule has 7 heteroatoms. The molecule has 0 spiro atoms. The lowest BCUT2D eigenvalue weighted by Crippen LogP contribution is -2.41. The zero-order valence-electron chi connectivity index (χ0n) is 15.9. The van der Waals surface area contributed by atoms with E-state index < -0.39 is 0 Å². The minimum absolute atomic E-state index is 0.270. The largest absolute Gasteiger partial charge is 0.379 e. The predicted molar refractivity (Wildman–Crippen MR) is 105 cm³/mol. The van der Waals surface area contributed by atoms with Crippen LogP contribution in [0, 0.1) is 6.92 Å². The van der Waals surface area contributed by atoms with Gasteiger partial charge in [0, 0.05) is 50.6 Å². The van der Waals surface area contributed by atoms with E-state index in [-0.39, 0.29) is 6.04 Å². The molecular weight excluding hydrogens is 340 g/mol. The smallest absolute Gasteiger partial charge is 0.133 e. The summed E-state index contributed by atoms with van der Waals surface area (Å²) in [6.45, 7) is 8.21. The Bertz CT molecular complexity index is 748. The van der Waals surface area contributed by atoms with Crippen LogP contribution in [-0.4, -0.2) is 65.8 Å². The summed E-state index contributed by atoms with van der Waals surface area (Å²) in [7, 11) is 0. The summed E-state index contributed by atoms with van der Waals surface area (Å²) in [5, 5.41) is 7.11. The van der Waals surface area contributed by atoms with Gasteiger partial charge < -0.3 is 15.4 Å². The van der Waals surface area contributed by atoms with E-state index in [1.807, 2.05) is 19.3 Å². The summed E-state index contributed by atoms with van der Waals surface area (Å²) in [6, 6.07) is 4.49. The Morgan fingerprint density at radius 1 is 1.15 bits per heavy atom. The number of fused-ring (bicyclic) bond motifs is 1. The number of aromatic nitrogens is 3. The molecule has 0 saturated carbocycles. The summed E-state index contributed by atoms with van der Waals surface area (Å²) in [5.74, 6) is 1.83. The maximum atomic E-state index is 5.55. The molecule has 1 atom stereocenters. The average molecular weight is 368 g/mol. The maximum Gasteiger partial charge on any atom is 0.133 e. The van der Waals surface area contributed by atoms with Crippen molar-refractivity contribution in [1.82, 2.24) is 25.2 Å². The van der Waals surface area contributed by atoms with Gasteiger partial charge in [-0.3, -0.25) is 9.88 Å². The van der Waals surface area contributed by atoms with Crippen molar-refractivity contribution in [1.29, 1.82) is 0 Å². The Labute approximate surface area is 160 Å². The quantitative estimate of drug-likeness (QED) is 0.825. The number of aryl methyl sites for hydroxylation is 1. The number of anilines is 1. The van der Waals surface area contributed by atoms with Gasteiger partial charge in [-0.15, -0.1) is 0 Å². The van der Waals surface area contributed by atoms with Crippen LogP contribution in [0.1, 0.15) is 28.7 Å². The second-order valence-electron chi connectivity index (χ2n) is 7.12. The van der Waals surface area contributed by atoms with Crippen molar-refractivity contribution in [2.24, 2.45) is 0 Å². The minimum Gasteiger partial charge on any atom is -0.379 e. The van der Waals surface area contributed by atoms with Crippen molar-refractivity contribution < 1.29 is 4.74 Å². The molecule has 4 rings (SSSR count). The number of rotatable bonds is 5. The van der Waals surface area contributed by atoms with Gasteiger partial charge in [-0.05, 0) is 37.6 Å². The second-order valence-corrected chi connectivity index (χ2v) is 7.12. The highest BCUT2D eigenvalue weighted by atomic mass is 16.5. The molecule has 7 nitrogen and oxygen atoms in total. The van der Waals surface area contributed by atoms with E-state index in [0.717, 1.165) is 70.4 Å². The van der Waals surface area contributed by atoms with Crippen LogP contribution in [0.2, 0.25) is 0 Å². The van der Waals surface area contributed by atoms with E-state index in [4.69, 9.17) is 9.72 Å². The molecule has 2 aromatic rings. The molecule has 0 radical (unpaired) electrons. The lowest BCUT2D eigenvalue weighted by Gasteiger charge is -2.35. The Balaban J connectivity index is 1.56. The highest BCUT2D eigenvalue weighted by Gasteiger charge is 2.24. The van der Waals surface area contributed by atoms with Crippen LogP contribution in [0.25, 0.3) is 0 Å². The first kappa shape index (κ1) is 18.3. The first-order valence-electron chi connectivity index (χ1n) is 9.84. The summed E-state index contributed by atoms with van der Waals surface area (Å²) in [6.07, 6.45) is 5.67. The second kappa shape index (κ2) is 8.73. The summed E-state index contributed by atoms with van der Waals surface area (Å²) in [5.41, 5.74) is 3.72. The summed E-state index contributed by atoms with van der Waals surface area (Å²) in [4.78, 5) is 16.1. The third-order valence-electron chi connectivity index (χ3n) is 5.34. The fourth-order valence-corrected chi connectivity index (χ4v) is 3.94. The Morgan fingerprint density at radius 3 is 2.74 bits per heavy atom. The molecule has 4 heterocycles. The van der Waals surface area contributed by atoms with Crippen molar-refractivity contribution in [3.05, 3.63) is 47.2 Å². The van der Waals surface area contributed by atoms with Crippen LogP contribution >= 0.6 is 0 Å². The maximum absolute atomic E-state index is 5.55. The molecule has 0 aromatic carbocycles. The molecule has 0 amide bonds. The molecular formula is C20H28N6O. The molecule has 1 unspecified atom stereocenters. The SMILES string of the molecule is Cc1nc2c(c(NCC(c3ccncc3)N3CCOCC3)n1)CCNCC2. The monoisotopic (exact) mass is 368 g/mol. The molecule has 2 aromatic heterocycles. The Hall–Kier alpha value is -2.09. The first-order chi connectivity index (χ1) is 13.3. The van der Waals surface area contributed by atoms with Gasteiger partial charge in [0.15, 0.2) is 0 Å². The zero-order chi connectivity index (χ0) is 18.5. The van der Waals surface area contributed by atoms with E-state index in [1.165, 1.54) is 16.8 Å². The van der Waals surface area contributed by atoms with Gasteiger partial charge in [0.1, 0.15) is 11.6 Å². The Morgan fingerprint density at radius 2 is 1.93 bits per heavy atom. The number of nitrogens with one attached hydrogen (secondary N) is 2. The topological polar surface area (TPSA) is 75.2 Å². The Kier molecular flexibility index (Phi) is 5.91. The average Bonchev–Trinajstić information content (AvgIpc) is 2.95. The fourth-order valence-electron chi connectivity index (χ4n) is 3.94. The van der Waals surface area contributed by atoms with E-state index in [1.54, 1.807) is 0 Å². The lowest BCUT2D eigenvalue weighted by atomic mass is 10.1. The highest BCUT2D eigenvalue weighted by Crippen LogP contribution is 2.24. The standard InChI is InChI=1S/C20H28N6O/c1-15-24-18-5-9-22-8-4-17(18)20(25-15)23-14-19(16-2-6-21-7-3-16)26-10-12-27-13-11-26/h2-3,6-7,19,22H,4-5,8-14H2,1H3,(H,23,24,25). The van der Waals surface area contributed by atoms with Gasteiger partial charge in [0.05, 0.1) is 24.9 Å². The van der Waals surface area contributed by atoms with Crippen LogP contribution in [-0.2, 0) is 17.6 Å².